The molecule has 124 valence electrons. The first-order valence-electron chi connectivity index (χ1n) is 6.69. The van der Waals surface area contributed by atoms with Gasteiger partial charge in [-0.1, -0.05) is 49.4 Å². The van der Waals surface area contributed by atoms with E-state index in [0.29, 0.717) is 10.9 Å². The van der Waals surface area contributed by atoms with Crippen molar-refractivity contribution in [3.63, 3.8) is 0 Å². The van der Waals surface area contributed by atoms with E-state index in [9.17, 15) is 18.0 Å². The molecule has 0 radical (unpaired) electrons. The fraction of sp³-hybridized carbons (Fsp3) is 0.357. The number of aromatic nitrogens is 2. The average molecular weight is 361 g/mol. The third-order valence-electron chi connectivity index (χ3n) is 2.86. The van der Waals surface area contributed by atoms with Gasteiger partial charge in [0.15, 0.2) is 0 Å². The van der Waals surface area contributed by atoms with Crippen LogP contribution < -0.4 is 5.32 Å². The van der Waals surface area contributed by atoms with Gasteiger partial charge in [0.05, 0.1) is 5.75 Å². The van der Waals surface area contributed by atoms with Crippen molar-refractivity contribution in [3.8, 4) is 10.6 Å². The molecule has 1 heterocycles. The highest BCUT2D eigenvalue weighted by molar-refractivity contribution is 8.00. The predicted octanol–water partition coefficient (Wildman–Crippen LogP) is 4.52. The first-order chi connectivity index (χ1) is 10.7. The molecular weight excluding hydrogens is 347 g/mol. The first kappa shape index (κ1) is 17.7. The number of hydrogen-bond acceptors (Lipinski definition) is 5. The Kier molecular flexibility index (Phi) is 5.64. The van der Waals surface area contributed by atoms with E-state index >= 15 is 0 Å². The van der Waals surface area contributed by atoms with Gasteiger partial charge < -0.3 is 0 Å². The number of nitrogens with zero attached hydrogens (tertiary/aromatic N) is 2. The third kappa shape index (κ3) is 5.51. The molecule has 0 aliphatic carbocycles. The molecule has 0 bridgehead atoms. The Labute approximate surface area is 139 Å². The Hall–Kier alpha value is -1.61. The van der Waals surface area contributed by atoms with E-state index in [1.807, 2.05) is 24.3 Å². The maximum absolute atomic E-state index is 12.0. The van der Waals surface area contributed by atoms with E-state index in [1.165, 1.54) is 5.56 Å². The predicted molar refractivity (Wildman–Crippen MR) is 86.6 cm³/mol. The monoisotopic (exact) mass is 361 g/mol. The van der Waals surface area contributed by atoms with Crippen LogP contribution in [0.25, 0.3) is 10.6 Å². The van der Waals surface area contributed by atoms with Crippen LogP contribution in [0.4, 0.5) is 18.3 Å². The van der Waals surface area contributed by atoms with Gasteiger partial charge >= 0.3 is 5.51 Å². The summed E-state index contributed by atoms with van der Waals surface area (Å²) in [4.78, 5) is 11.4. The van der Waals surface area contributed by atoms with Crippen molar-refractivity contribution in [2.24, 2.45) is 0 Å². The Balaban J connectivity index is 1.99. The fourth-order valence-electron chi connectivity index (χ4n) is 1.70. The van der Waals surface area contributed by atoms with Crippen LogP contribution in [0.2, 0.25) is 0 Å². The minimum Gasteiger partial charge on any atom is -0.300 e. The lowest BCUT2D eigenvalue weighted by Gasteiger charge is -2.05. The van der Waals surface area contributed by atoms with Crippen molar-refractivity contribution >= 4 is 34.1 Å². The highest BCUT2D eigenvalue weighted by Crippen LogP contribution is 2.31. The summed E-state index contributed by atoms with van der Waals surface area (Å²) < 4.78 is 36.1. The number of nitrogens with one attached hydrogen (secondary N) is 1. The SMILES string of the molecule is CC(C)c1ccc(-c2nnc(NC(=O)CSC(F)(F)F)s2)cc1. The van der Waals surface area contributed by atoms with Gasteiger partial charge in [0.1, 0.15) is 5.01 Å². The van der Waals surface area contributed by atoms with Crippen LogP contribution >= 0.6 is 23.1 Å². The van der Waals surface area contributed by atoms with Crippen molar-refractivity contribution in [2.75, 3.05) is 11.1 Å². The van der Waals surface area contributed by atoms with Gasteiger partial charge in [-0.3, -0.25) is 10.1 Å². The number of hydrogen-bond donors (Lipinski definition) is 1. The van der Waals surface area contributed by atoms with E-state index < -0.39 is 17.2 Å². The minimum absolute atomic E-state index is 0.181. The molecule has 2 aromatic rings. The van der Waals surface area contributed by atoms with Crippen molar-refractivity contribution in [1.29, 1.82) is 0 Å². The van der Waals surface area contributed by atoms with Gasteiger partial charge in [0.2, 0.25) is 11.0 Å². The zero-order valence-corrected chi connectivity index (χ0v) is 14.0. The molecular formula is C14H14F3N3OS2. The molecule has 4 nitrogen and oxygen atoms in total. The lowest BCUT2D eigenvalue weighted by molar-refractivity contribution is -0.114. The number of carbonyl (C=O) groups is 1. The molecule has 23 heavy (non-hydrogen) atoms. The second-order valence-electron chi connectivity index (χ2n) is 4.97. The zero-order chi connectivity index (χ0) is 17.0. The molecule has 9 heteroatoms. The van der Waals surface area contributed by atoms with Crippen LogP contribution in [0.1, 0.15) is 25.3 Å². The Morgan fingerprint density at radius 2 is 1.91 bits per heavy atom. The van der Waals surface area contributed by atoms with Crippen LogP contribution in [0.3, 0.4) is 0 Å². The molecule has 0 spiro atoms. The molecule has 0 aliphatic heterocycles. The highest BCUT2D eigenvalue weighted by atomic mass is 32.2. The van der Waals surface area contributed by atoms with Gasteiger partial charge in [0, 0.05) is 5.56 Å². The van der Waals surface area contributed by atoms with Gasteiger partial charge in [-0.2, -0.15) is 13.2 Å². The number of rotatable bonds is 5. The number of alkyl halides is 3. The summed E-state index contributed by atoms with van der Waals surface area (Å²) >= 11 is 0.730. The Morgan fingerprint density at radius 3 is 2.48 bits per heavy atom. The van der Waals surface area contributed by atoms with Gasteiger partial charge in [-0.05, 0) is 23.2 Å². The van der Waals surface area contributed by atoms with E-state index in [1.54, 1.807) is 0 Å². The molecule has 0 fully saturated rings. The number of thioether (sulfide) groups is 1. The molecule has 0 saturated carbocycles. The Bertz CT molecular complexity index is 669. The Morgan fingerprint density at radius 1 is 1.26 bits per heavy atom. The maximum atomic E-state index is 12.0. The lowest BCUT2D eigenvalue weighted by atomic mass is 10.0. The number of anilines is 1. The second-order valence-corrected chi connectivity index (χ2v) is 6.99. The third-order valence-corrected chi connectivity index (χ3v) is 4.48. The topological polar surface area (TPSA) is 54.9 Å². The maximum Gasteiger partial charge on any atom is 0.442 e. The molecule has 1 aromatic heterocycles. The van der Waals surface area contributed by atoms with Crippen molar-refractivity contribution < 1.29 is 18.0 Å². The van der Waals surface area contributed by atoms with Gasteiger partial charge in [-0.25, -0.2) is 0 Å². The van der Waals surface area contributed by atoms with Crippen LogP contribution in [-0.4, -0.2) is 27.4 Å². The molecule has 2 rings (SSSR count). The molecule has 0 atom stereocenters. The normalized spacial score (nSPS) is 11.7. The van der Waals surface area contributed by atoms with Crippen molar-refractivity contribution in [3.05, 3.63) is 29.8 Å². The zero-order valence-electron chi connectivity index (χ0n) is 12.3. The van der Waals surface area contributed by atoms with E-state index in [0.717, 1.165) is 16.9 Å². The average Bonchev–Trinajstić information content (AvgIpc) is 2.93. The standard InChI is InChI=1S/C14H14F3N3OS2/c1-8(2)9-3-5-10(6-4-9)12-19-20-13(23-12)18-11(21)7-22-14(15,16)17/h3-6,8H,7H2,1-2H3,(H,18,20,21). The number of amides is 1. The summed E-state index contributed by atoms with van der Waals surface area (Å²) in [6, 6.07) is 7.78. The summed E-state index contributed by atoms with van der Waals surface area (Å²) in [5.74, 6) is -1.05. The smallest absolute Gasteiger partial charge is 0.300 e. The fourth-order valence-corrected chi connectivity index (χ4v) is 2.84. The summed E-state index contributed by atoms with van der Waals surface area (Å²) in [6.45, 7) is 4.18. The van der Waals surface area contributed by atoms with Gasteiger partial charge in [0.25, 0.3) is 0 Å². The summed E-state index contributed by atoms with van der Waals surface area (Å²) in [5, 5.41) is 10.8. The lowest BCUT2D eigenvalue weighted by Crippen LogP contribution is -2.16. The highest BCUT2D eigenvalue weighted by Gasteiger charge is 2.29. The van der Waals surface area contributed by atoms with Gasteiger partial charge in [-0.15, -0.1) is 10.2 Å². The van der Waals surface area contributed by atoms with E-state index in [4.69, 9.17) is 0 Å². The van der Waals surface area contributed by atoms with Crippen molar-refractivity contribution in [1.82, 2.24) is 10.2 Å². The second kappa shape index (κ2) is 7.31. The summed E-state index contributed by atoms with van der Waals surface area (Å²) in [7, 11) is 0. The van der Waals surface area contributed by atoms with E-state index in [-0.39, 0.29) is 16.9 Å². The number of benzene rings is 1. The molecule has 1 N–H and O–H groups in total. The molecule has 0 saturated heterocycles. The van der Waals surface area contributed by atoms with Crippen LogP contribution in [-0.2, 0) is 4.79 Å². The largest absolute Gasteiger partial charge is 0.442 e. The van der Waals surface area contributed by atoms with Crippen LogP contribution in [0.15, 0.2) is 24.3 Å². The number of carbonyl (C=O) groups excluding carboxylic acids is 1. The molecule has 0 unspecified atom stereocenters. The number of halogens is 3. The van der Waals surface area contributed by atoms with E-state index in [2.05, 4.69) is 29.4 Å². The molecule has 1 aromatic carbocycles. The summed E-state index contributed by atoms with van der Waals surface area (Å²) in [5.41, 5.74) is -2.39. The first-order valence-corrected chi connectivity index (χ1v) is 8.49. The molecule has 0 aliphatic rings. The quantitative estimate of drug-likeness (QED) is 0.851. The van der Waals surface area contributed by atoms with Crippen LogP contribution in [0, 0.1) is 0 Å². The molecule has 1 amide bonds. The van der Waals surface area contributed by atoms with Crippen molar-refractivity contribution in [2.45, 2.75) is 25.3 Å². The minimum atomic E-state index is -4.43. The summed E-state index contributed by atoms with van der Waals surface area (Å²) in [6.07, 6.45) is 0. The van der Waals surface area contributed by atoms with Crippen LogP contribution in [0.5, 0.6) is 0 Å².